The second-order valence-corrected chi connectivity index (χ2v) is 8.31. The maximum Gasteiger partial charge on any atom is 0.0931 e. The van der Waals surface area contributed by atoms with E-state index in [1.54, 1.807) is 11.3 Å². The van der Waals surface area contributed by atoms with Crippen molar-refractivity contribution < 1.29 is 0 Å². The summed E-state index contributed by atoms with van der Waals surface area (Å²) in [6.07, 6.45) is 5.33. The average Bonchev–Trinajstić information content (AvgIpc) is 2.82. The molecule has 0 aromatic carbocycles. The molecule has 20 heavy (non-hydrogen) atoms. The van der Waals surface area contributed by atoms with Gasteiger partial charge >= 0.3 is 0 Å². The number of nitrogens with one attached hydrogen (secondary N) is 1. The molecule has 0 bridgehead atoms. The average molecular weight is 315 g/mol. The highest BCUT2D eigenvalue weighted by Crippen LogP contribution is 2.36. The van der Waals surface area contributed by atoms with Crippen molar-refractivity contribution in [2.45, 2.75) is 51.1 Å². The first-order valence-electron chi connectivity index (χ1n) is 7.59. The van der Waals surface area contributed by atoms with Crippen LogP contribution < -0.4 is 5.32 Å². The van der Waals surface area contributed by atoms with Crippen LogP contribution in [0.5, 0.6) is 0 Å². The lowest BCUT2D eigenvalue weighted by Gasteiger charge is -2.46. The van der Waals surface area contributed by atoms with E-state index in [4.69, 9.17) is 11.6 Å². The van der Waals surface area contributed by atoms with Crippen molar-refractivity contribution in [3.63, 3.8) is 0 Å². The molecule has 4 heteroatoms. The zero-order valence-electron chi connectivity index (χ0n) is 13.1. The van der Waals surface area contributed by atoms with Crippen molar-refractivity contribution in [2.75, 3.05) is 20.6 Å². The van der Waals surface area contributed by atoms with Gasteiger partial charge in [-0.1, -0.05) is 31.4 Å². The highest BCUT2D eigenvalue weighted by atomic mass is 35.5. The molecular weight excluding hydrogens is 288 g/mol. The second kappa shape index (κ2) is 6.78. The predicted molar refractivity (Wildman–Crippen MR) is 89.8 cm³/mol. The highest BCUT2D eigenvalue weighted by molar-refractivity contribution is 7.16. The zero-order chi connectivity index (χ0) is 14.8. The lowest BCUT2D eigenvalue weighted by molar-refractivity contribution is 0.0729. The van der Waals surface area contributed by atoms with Crippen molar-refractivity contribution in [3.8, 4) is 0 Å². The van der Waals surface area contributed by atoms with E-state index in [1.165, 1.54) is 30.6 Å². The van der Waals surface area contributed by atoms with Gasteiger partial charge in [0.05, 0.1) is 4.34 Å². The fourth-order valence-electron chi connectivity index (χ4n) is 3.36. The van der Waals surface area contributed by atoms with Crippen molar-refractivity contribution in [1.29, 1.82) is 0 Å². The van der Waals surface area contributed by atoms with Gasteiger partial charge < -0.3 is 10.2 Å². The Balaban J connectivity index is 1.98. The molecule has 0 aliphatic heterocycles. The molecule has 0 amide bonds. The molecule has 0 radical (unpaired) electrons. The highest BCUT2D eigenvalue weighted by Gasteiger charge is 2.36. The smallest absolute Gasteiger partial charge is 0.0931 e. The minimum Gasteiger partial charge on any atom is -0.308 e. The first-order chi connectivity index (χ1) is 9.43. The van der Waals surface area contributed by atoms with Gasteiger partial charge in [-0.2, -0.15) is 0 Å². The molecule has 0 spiro atoms. The van der Waals surface area contributed by atoms with Gasteiger partial charge in [0.25, 0.3) is 0 Å². The van der Waals surface area contributed by atoms with Crippen molar-refractivity contribution in [2.24, 2.45) is 5.92 Å². The Labute approximate surface area is 132 Å². The molecule has 2 rings (SSSR count). The molecule has 1 saturated carbocycles. The van der Waals surface area contributed by atoms with Crippen LogP contribution in [-0.2, 0) is 0 Å². The minimum absolute atomic E-state index is 0.312. The second-order valence-electron chi connectivity index (χ2n) is 6.56. The van der Waals surface area contributed by atoms with Crippen LogP contribution in [-0.4, -0.2) is 31.1 Å². The van der Waals surface area contributed by atoms with Crippen LogP contribution in [0.3, 0.4) is 0 Å². The van der Waals surface area contributed by atoms with Gasteiger partial charge in [-0.25, -0.2) is 0 Å². The van der Waals surface area contributed by atoms with Crippen LogP contribution in [0.15, 0.2) is 12.1 Å². The van der Waals surface area contributed by atoms with Crippen molar-refractivity contribution in [1.82, 2.24) is 10.2 Å². The van der Waals surface area contributed by atoms with E-state index in [0.717, 1.165) is 16.8 Å². The summed E-state index contributed by atoms with van der Waals surface area (Å²) in [5, 5.41) is 3.73. The summed E-state index contributed by atoms with van der Waals surface area (Å²) in [4.78, 5) is 3.76. The Morgan fingerprint density at radius 2 is 2.25 bits per heavy atom. The Hall–Kier alpha value is -0.0900. The largest absolute Gasteiger partial charge is 0.308 e. The number of likely N-dealkylation sites (N-methyl/N-ethyl adjacent to an activating group) is 1. The third-order valence-electron chi connectivity index (χ3n) is 4.77. The van der Waals surface area contributed by atoms with Crippen LogP contribution in [0, 0.1) is 5.92 Å². The van der Waals surface area contributed by atoms with E-state index in [2.05, 4.69) is 44.2 Å². The van der Waals surface area contributed by atoms with Gasteiger partial charge in [0.15, 0.2) is 0 Å². The maximum absolute atomic E-state index is 6.03. The van der Waals surface area contributed by atoms with E-state index >= 15 is 0 Å². The summed E-state index contributed by atoms with van der Waals surface area (Å²) >= 11 is 7.71. The Kier molecular flexibility index (Phi) is 5.52. The molecule has 1 aromatic heterocycles. The molecule has 3 atom stereocenters. The zero-order valence-corrected chi connectivity index (χ0v) is 14.7. The molecule has 1 aromatic rings. The van der Waals surface area contributed by atoms with Crippen LogP contribution in [0.25, 0.3) is 0 Å². The third-order valence-corrected chi connectivity index (χ3v) is 6.19. The van der Waals surface area contributed by atoms with Crippen LogP contribution in [0.1, 0.15) is 50.4 Å². The molecule has 1 fully saturated rings. The van der Waals surface area contributed by atoms with E-state index in [1.807, 2.05) is 6.07 Å². The lowest BCUT2D eigenvalue weighted by Crippen LogP contribution is -2.54. The van der Waals surface area contributed by atoms with E-state index in [-0.39, 0.29) is 0 Å². The first-order valence-corrected chi connectivity index (χ1v) is 8.78. The Bertz CT molecular complexity index is 432. The molecule has 3 unspecified atom stereocenters. The third kappa shape index (κ3) is 3.76. The summed E-state index contributed by atoms with van der Waals surface area (Å²) < 4.78 is 0.877. The van der Waals surface area contributed by atoms with Crippen molar-refractivity contribution >= 4 is 22.9 Å². The number of halogens is 1. The molecule has 1 aliphatic carbocycles. The topological polar surface area (TPSA) is 15.3 Å². The first kappa shape index (κ1) is 16.3. The molecule has 114 valence electrons. The number of hydrogen-bond donors (Lipinski definition) is 1. The number of nitrogens with zero attached hydrogens (tertiary/aromatic N) is 1. The molecule has 1 heterocycles. The van der Waals surface area contributed by atoms with Gasteiger partial charge in [0.1, 0.15) is 0 Å². The normalized spacial score (nSPS) is 28.8. The summed E-state index contributed by atoms with van der Waals surface area (Å²) in [6, 6.07) is 4.50. The fourth-order valence-corrected chi connectivity index (χ4v) is 4.45. The molecular formula is C16H27ClN2S. The lowest BCUT2D eigenvalue weighted by atomic mass is 9.75. The van der Waals surface area contributed by atoms with E-state index in [9.17, 15) is 0 Å². The number of rotatable bonds is 5. The quantitative estimate of drug-likeness (QED) is 0.857. The fraction of sp³-hybridized carbons (Fsp3) is 0.750. The van der Waals surface area contributed by atoms with Gasteiger partial charge in [-0.15, -0.1) is 11.3 Å². The van der Waals surface area contributed by atoms with Gasteiger partial charge in [-0.3, -0.25) is 0 Å². The van der Waals surface area contributed by atoms with E-state index < -0.39 is 0 Å². The summed E-state index contributed by atoms with van der Waals surface area (Å²) in [5.74, 6) is 0.833. The van der Waals surface area contributed by atoms with Crippen LogP contribution in [0.2, 0.25) is 4.34 Å². The summed E-state index contributed by atoms with van der Waals surface area (Å²) in [5.41, 5.74) is 0.312. The number of thiophene rings is 1. The van der Waals surface area contributed by atoms with Gasteiger partial charge in [-0.05, 0) is 51.9 Å². The molecule has 1 N–H and O–H groups in total. The Morgan fingerprint density at radius 1 is 1.50 bits per heavy atom. The standard InChI is InChI=1S/C16H27ClN2S/c1-12-6-5-9-16(10-12,19(3)4)11-18-13(2)14-7-8-15(17)20-14/h7-8,12-13,18H,5-6,9-11H2,1-4H3. The SMILES string of the molecule is CC1CCCC(CNC(C)c2ccc(Cl)s2)(N(C)C)C1. The Morgan fingerprint density at radius 3 is 2.80 bits per heavy atom. The van der Waals surface area contributed by atoms with Crippen LogP contribution >= 0.6 is 22.9 Å². The minimum atomic E-state index is 0.312. The van der Waals surface area contributed by atoms with Crippen LogP contribution in [0.4, 0.5) is 0 Å². The summed E-state index contributed by atoms with van der Waals surface area (Å²) in [6.45, 7) is 5.68. The number of hydrogen-bond acceptors (Lipinski definition) is 3. The monoisotopic (exact) mass is 314 g/mol. The molecule has 1 aliphatic rings. The van der Waals surface area contributed by atoms with E-state index in [0.29, 0.717) is 11.6 Å². The van der Waals surface area contributed by atoms with Crippen molar-refractivity contribution in [3.05, 3.63) is 21.3 Å². The summed E-state index contributed by atoms with van der Waals surface area (Å²) in [7, 11) is 4.46. The van der Waals surface area contributed by atoms with Gasteiger partial charge in [0, 0.05) is 23.0 Å². The predicted octanol–water partition coefficient (Wildman–Crippen LogP) is 4.56. The maximum atomic E-state index is 6.03. The molecule has 0 saturated heterocycles. The molecule has 2 nitrogen and oxygen atoms in total. The van der Waals surface area contributed by atoms with Gasteiger partial charge in [0.2, 0.25) is 0 Å².